The highest BCUT2D eigenvalue weighted by Crippen LogP contribution is 2.30. The number of benzene rings is 1. The Balaban J connectivity index is 3.03. The van der Waals surface area contributed by atoms with E-state index < -0.39 is 0 Å². The number of primary amides is 1. The lowest BCUT2D eigenvalue weighted by Gasteiger charge is -2.20. The third-order valence-corrected chi connectivity index (χ3v) is 2.67. The predicted octanol–water partition coefficient (Wildman–Crippen LogP) is 1.74. The second-order valence-electron chi connectivity index (χ2n) is 4.40. The Morgan fingerprint density at radius 3 is 2.59 bits per heavy atom. The van der Waals surface area contributed by atoms with Crippen molar-refractivity contribution < 1.29 is 9.53 Å². The number of hydrogen-bond donors (Lipinski definition) is 1. The molecule has 0 saturated carbocycles. The number of rotatable bonds is 5. The first-order chi connectivity index (χ1) is 7.95. The Labute approximate surface area is 102 Å². The van der Waals surface area contributed by atoms with Crippen molar-refractivity contribution in [3.05, 3.63) is 23.8 Å². The second kappa shape index (κ2) is 5.57. The Kier molecular flexibility index (Phi) is 4.37. The quantitative estimate of drug-likeness (QED) is 0.847. The van der Waals surface area contributed by atoms with E-state index in [0.717, 1.165) is 17.0 Å². The first-order valence-electron chi connectivity index (χ1n) is 5.63. The van der Waals surface area contributed by atoms with Gasteiger partial charge in [0.15, 0.2) is 0 Å². The normalized spacial score (nSPS) is 10.4. The molecule has 1 rings (SSSR count). The molecule has 0 saturated heterocycles. The molecule has 0 aliphatic carbocycles. The zero-order chi connectivity index (χ0) is 13.0. The van der Waals surface area contributed by atoms with Gasteiger partial charge in [0.2, 0.25) is 5.91 Å². The lowest BCUT2D eigenvalue weighted by Crippen LogP contribution is -2.30. The van der Waals surface area contributed by atoms with Crippen molar-refractivity contribution in [3.8, 4) is 5.75 Å². The smallest absolute Gasteiger partial charge is 0.236 e. The fourth-order valence-corrected chi connectivity index (χ4v) is 1.74. The largest absolute Gasteiger partial charge is 0.496 e. The minimum Gasteiger partial charge on any atom is -0.496 e. The average molecular weight is 236 g/mol. The van der Waals surface area contributed by atoms with Crippen LogP contribution in [0, 0.1) is 0 Å². The number of carbonyl (C=O) groups is 1. The van der Waals surface area contributed by atoms with Crippen molar-refractivity contribution in [1.82, 2.24) is 0 Å². The van der Waals surface area contributed by atoms with E-state index in [1.807, 2.05) is 30.1 Å². The fourth-order valence-electron chi connectivity index (χ4n) is 1.74. The summed E-state index contributed by atoms with van der Waals surface area (Å²) >= 11 is 0. The molecule has 0 spiro atoms. The summed E-state index contributed by atoms with van der Waals surface area (Å²) in [5.74, 6) is 0.900. The van der Waals surface area contributed by atoms with Crippen LogP contribution in [0.25, 0.3) is 0 Å². The maximum absolute atomic E-state index is 10.9. The minimum absolute atomic E-state index is 0.212. The van der Waals surface area contributed by atoms with Gasteiger partial charge in [-0.05, 0) is 29.7 Å². The summed E-state index contributed by atoms with van der Waals surface area (Å²) in [6.45, 7) is 4.43. The van der Waals surface area contributed by atoms with E-state index in [1.54, 1.807) is 7.11 Å². The fraction of sp³-hybridized carbons (Fsp3) is 0.462. The van der Waals surface area contributed by atoms with Gasteiger partial charge in [0.05, 0.1) is 13.7 Å². The average Bonchev–Trinajstić information content (AvgIpc) is 2.27. The summed E-state index contributed by atoms with van der Waals surface area (Å²) in [4.78, 5) is 12.7. The van der Waals surface area contributed by atoms with Crippen LogP contribution < -0.4 is 15.4 Å². The molecule has 0 fully saturated rings. The summed E-state index contributed by atoms with van der Waals surface area (Å²) in [7, 11) is 3.50. The van der Waals surface area contributed by atoms with Crippen LogP contribution in [-0.2, 0) is 4.79 Å². The number of methoxy groups -OCH3 is 1. The van der Waals surface area contributed by atoms with E-state index in [9.17, 15) is 4.79 Å². The highest BCUT2D eigenvalue weighted by atomic mass is 16.5. The molecule has 0 aliphatic rings. The molecule has 4 heteroatoms. The predicted molar refractivity (Wildman–Crippen MR) is 69.5 cm³/mol. The second-order valence-corrected chi connectivity index (χ2v) is 4.40. The van der Waals surface area contributed by atoms with Crippen molar-refractivity contribution >= 4 is 11.6 Å². The Bertz CT molecular complexity index is 402. The number of carbonyl (C=O) groups excluding carboxylic acids is 1. The van der Waals surface area contributed by atoms with Gasteiger partial charge in [0.25, 0.3) is 0 Å². The molecule has 4 nitrogen and oxygen atoms in total. The minimum atomic E-state index is -0.339. The van der Waals surface area contributed by atoms with Crippen molar-refractivity contribution in [2.45, 2.75) is 19.8 Å². The van der Waals surface area contributed by atoms with E-state index >= 15 is 0 Å². The van der Waals surface area contributed by atoms with Crippen LogP contribution in [-0.4, -0.2) is 26.6 Å². The van der Waals surface area contributed by atoms with Crippen molar-refractivity contribution in [3.63, 3.8) is 0 Å². The van der Waals surface area contributed by atoms with E-state index in [1.165, 1.54) is 0 Å². The summed E-state index contributed by atoms with van der Waals surface area (Å²) in [6.07, 6.45) is 0. The van der Waals surface area contributed by atoms with Crippen molar-refractivity contribution in [2.24, 2.45) is 5.73 Å². The first kappa shape index (κ1) is 13.4. The number of hydrogen-bond acceptors (Lipinski definition) is 3. The lowest BCUT2D eigenvalue weighted by molar-refractivity contribution is -0.116. The maximum atomic E-state index is 10.9. The highest BCUT2D eigenvalue weighted by Gasteiger charge is 2.11. The van der Waals surface area contributed by atoms with Gasteiger partial charge < -0.3 is 15.4 Å². The summed E-state index contributed by atoms with van der Waals surface area (Å²) < 4.78 is 5.31. The van der Waals surface area contributed by atoms with Crippen molar-refractivity contribution in [2.75, 3.05) is 25.6 Å². The van der Waals surface area contributed by atoms with Crippen LogP contribution in [0.3, 0.4) is 0 Å². The van der Waals surface area contributed by atoms with Crippen LogP contribution in [0.1, 0.15) is 25.3 Å². The van der Waals surface area contributed by atoms with Crippen LogP contribution in [0.4, 0.5) is 5.69 Å². The molecule has 2 N–H and O–H groups in total. The summed E-state index contributed by atoms with van der Waals surface area (Å²) in [5.41, 5.74) is 7.27. The third kappa shape index (κ3) is 3.37. The van der Waals surface area contributed by atoms with E-state index in [-0.39, 0.29) is 12.5 Å². The molecule has 0 atom stereocenters. The van der Waals surface area contributed by atoms with E-state index in [4.69, 9.17) is 10.5 Å². The van der Waals surface area contributed by atoms with Gasteiger partial charge in [-0.1, -0.05) is 13.8 Å². The molecular weight excluding hydrogens is 216 g/mol. The molecule has 17 heavy (non-hydrogen) atoms. The molecule has 0 heterocycles. The monoisotopic (exact) mass is 236 g/mol. The van der Waals surface area contributed by atoms with Gasteiger partial charge in [-0.2, -0.15) is 0 Å². The Hall–Kier alpha value is -1.71. The zero-order valence-corrected chi connectivity index (χ0v) is 10.9. The molecule has 0 bridgehead atoms. The molecule has 0 unspecified atom stereocenters. The van der Waals surface area contributed by atoms with Crippen LogP contribution >= 0.6 is 0 Å². The van der Waals surface area contributed by atoms with Gasteiger partial charge >= 0.3 is 0 Å². The Morgan fingerprint density at radius 1 is 1.47 bits per heavy atom. The summed E-state index contributed by atoms with van der Waals surface area (Å²) in [5, 5.41) is 0. The van der Waals surface area contributed by atoms with Gasteiger partial charge in [0, 0.05) is 12.7 Å². The van der Waals surface area contributed by atoms with E-state index in [0.29, 0.717) is 5.92 Å². The van der Waals surface area contributed by atoms with Gasteiger partial charge in [-0.15, -0.1) is 0 Å². The molecule has 0 aromatic heterocycles. The van der Waals surface area contributed by atoms with Crippen LogP contribution in [0.15, 0.2) is 18.2 Å². The lowest BCUT2D eigenvalue weighted by atomic mass is 10.0. The van der Waals surface area contributed by atoms with Crippen LogP contribution in [0.5, 0.6) is 5.75 Å². The molecule has 1 aromatic carbocycles. The number of nitrogens with zero attached hydrogens (tertiary/aromatic N) is 1. The third-order valence-electron chi connectivity index (χ3n) is 2.67. The van der Waals surface area contributed by atoms with Crippen LogP contribution in [0.2, 0.25) is 0 Å². The van der Waals surface area contributed by atoms with Gasteiger partial charge in [-0.3, -0.25) is 4.79 Å². The summed E-state index contributed by atoms with van der Waals surface area (Å²) in [6, 6.07) is 5.88. The zero-order valence-electron chi connectivity index (χ0n) is 10.9. The molecule has 1 amide bonds. The molecule has 0 radical (unpaired) electrons. The van der Waals surface area contributed by atoms with E-state index in [2.05, 4.69) is 13.8 Å². The topological polar surface area (TPSA) is 55.6 Å². The highest BCUT2D eigenvalue weighted by molar-refractivity contribution is 5.79. The number of likely N-dealkylation sites (N-methyl/N-ethyl adjacent to an activating group) is 1. The molecular formula is C13H20N2O2. The molecule has 1 aromatic rings. The SMILES string of the molecule is COc1ccc(N(C)CC(N)=O)cc1C(C)C. The Morgan fingerprint density at radius 2 is 2.12 bits per heavy atom. The number of ether oxygens (including phenoxy) is 1. The first-order valence-corrected chi connectivity index (χ1v) is 5.63. The number of anilines is 1. The maximum Gasteiger partial charge on any atom is 0.236 e. The van der Waals surface area contributed by atoms with Gasteiger partial charge in [-0.25, -0.2) is 0 Å². The molecule has 94 valence electrons. The standard InChI is InChI=1S/C13H20N2O2/c1-9(2)11-7-10(5-6-12(11)17-4)15(3)8-13(14)16/h5-7,9H,8H2,1-4H3,(H2,14,16). The van der Waals surface area contributed by atoms with Crippen molar-refractivity contribution in [1.29, 1.82) is 0 Å². The number of nitrogens with two attached hydrogens (primary N) is 1. The number of amides is 1. The van der Waals surface area contributed by atoms with Gasteiger partial charge in [0.1, 0.15) is 5.75 Å². The molecule has 0 aliphatic heterocycles.